The van der Waals surface area contributed by atoms with Crippen molar-refractivity contribution in [3.05, 3.63) is 53.9 Å². The van der Waals surface area contributed by atoms with E-state index in [-0.39, 0.29) is 29.3 Å². The van der Waals surface area contributed by atoms with Crippen LogP contribution in [0.25, 0.3) is 16.9 Å². The van der Waals surface area contributed by atoms with Gasteiger partial charge in [-0.15, -0.1) is 0 Å². The van der Waals surface area contributed by atoms with Gasteiger partial charge in [0.15, 0.2) is 5.65 Å². The lowest BCUT2D eigenvalue weighted by atomic mass is 9.88. The van der Waals surface area contributed by atoms with Crippen LogP contribution >= 0.6 is 0 Å². The third kappa shape index (κ3) is 4.37. The van der Waals surface area contributed by atoms with Crippen LogP contribution in [0.15, 0.2) is 42.6 Å². The highest BCUT2D eigenvalue weighted by Crippen LogP contribution is 2.33. The zero-order valence-corrected chi connectivity index (χ0v) is 18.8. The third-order valence-electron chi connectivity index (χ3n) is 7.19. The van der Waals surface area contributed by atoms with Gasteiger partial charge in [0.1, 0.15) is 11.3 Å². The number of benzene rings is 1. The molecular formula is C26H30F2N4O. The van der Waals surface area contributed by atoms with Gasteiger partial charge in [0.2, 0.25) is 0 Å². The Kier molecular flexibility index (Phi) is 6.38. The Bertz CT molecular complexity index is 1080. The SMILES string of the molecule is O=C(c1cnn2c(C(F)F)cc(-c3ccccc3)nc12)N(C1CCCCC1)C1CCCCC1. The minimum Gasteiger partial charge on any atom is -0.333 e. The summed E-state index contributed by atoms with van der Waals surface area (Å²) in [5.41, 5.74) is 1.45. The van der Waals surface area contributed by atoms with Crippen molar-refractivity contribution in [1.82, 2.24) is 19.5 Å². The van der Waals surface area contributed by atoms with Gasteiger partial charge < -0.3 is 4.90 Å². The normalized spacial score (nSPS) is 18.2. The number of halogens is 2. The van der Waals surface area contributed by atoms with E-state index in [0.717, 1.165) is 61.4 Å². The number of rotatable bonds is 5. The first-order chi connectivity index (χ1) is 16.1. The van der Waals surface area contributed by atoms with E-state index in [1.54, 1.807) is 0 Å². The molecule has 1 amide bonds. The zero-order chi connectivity index (χ0) is 22.8. The first-order valence-corrected chi connectivity index (χ1v) is 12.2. The molecule has 174 valence electrons. The van der Waals surface area contributed by atoms with Crippen LogP contribution in [0.5, 0.6) is 0 Å². The topological polar surface area (TPSA) is 50.5 Å². The highest BCUT2D eigenvalue weighted by molar-refractivity contribution is 6.00. The highest BCUT2D eigenvalue weighted by Gasteiger charge is 2.35. The molecule has 0 bridgehead atoms. The van der Waals surface area contributed by atoms with Gasteiger partial charge in [-0.25, -0.2) is 18.3 Å². The summed E-state index contributed by atoms with van der Waals surface area (Å²) in [4.78, 5) is 20.7. The predicted molar refractivity (Wildman–Crippen MR) is 123 cm³/mol. The van der Waals surface area contributed by atoms with Crippen molar-refractivity contribution < 1.29 is 13.6 Å². The molecule has 0 radical (unpaired) electrons. The molecule has 0 aliphatic heterocycles. The maximum atomic E-state index is 14.0. The lowest BCUT2D eigenvalue weighted by molar-refractivity contribution is 0.0450. The van der Waals surface area contributed by atoms with Crippen LogP contribution in [-0.4, -0.2) is 37.5 Å². The number of alkyl halides is 2. The fraction of sp³-hybridized carbons (Fsp3) is 0.500. The molecule has 3 aromatic rings. The van der Waals surface area contributed by atoms with Gasteiger partial charge in [-0.1, -0.05) is 68.9 Å². The molecule has 5 rings (SSSR count). The second kappa shape index (κ2) is 9.57. The van der Waals surface area contributed by atoms with Crippen LogP contribution in [0.4, 0.5) is 8.78 Å². The molecule has 0 atom stereocenters. The molecule has 0 saturated heterocycles. The summed E-state index contributed by atoms with van der Waals surface area (Å²) in [6.07, 6.45) is 9.66. The summed E-state index contributed by atoms with van der Waals surface area (Å²) < 4.78 is 29.1. The van der Waals surface area contributed by atoms with Gasteiger partial charge in [0.25, 0.3) is 12.3 Å². The predicted octanol–water partition coefficient (Wildman–Crippen LogP) is 6.44. The van der Waals surface area contributed by atoms with E-state index in [9.17, 15) is 13.6 Å². The van der Waals surface area contributed by atoms with E-state index in [1.807, 2.05) is 30.3 Å². The minimum atomic E-state index is -2.73. The second-order valence-electron chi connectivity index (χ2n) is 9.32. The van der Waals surface area contributed by atoms with Gasteiger partial charge >= 0.3 is 0 Å². The minimum absolute atomic E-state index is 0.110. The number of carbonyl (C=O) groups excluding carboxylic acids is 1. The Balaban J connectivity index is 1.59. The first kappa shape index (κ1) is 22.0. The molecule has 0 unspecified atom stereocenters. The molecule has 5 nitrogen and oxygen atoms in total. The van der Waals surface area contributed by atoms with Gasteiger partial charge in [-0.05, 0) is 31.7 Å². The number of carbonyl (C=O) groups is 1. The Morgan fingerprint density at radius 2 is 1.55 bits per heavy atom. The number of hydrogen-bond acceptors (Lipinski definition) is 3. The third-order valence-corrected chi connectivity index (χ3v) is 7.19. The molecule has 2 aliphatic carbocycles. The van der Waals surface area contributed by atoms with Crippen molar-refractivity contribution in [2.24, 2.45) is 0 Å². The molecule has 7 heteroatoms. The van der Waals surface area contributed by atoms with E-state index in [2.05, 4.69) is 15.0 Å². The van der Waals surface area contributed by atoms with Gasteiger partial charge in [-0.3, -0.25) is 4.79 Å². The van der Waals surface area contributed by atoms with Crippen LogP contribution in [0, 0.1) is 0 Å². The monoisotopic (exact) mass is 452 g/mol. The molecule has 2 heterocycles. The number of nitrogens with zero attached hydrogens (tertiary/aromatic N) is 4. The van der Waals surface area contributed by atoms with Gasteiger partial charge in [-0.2, -0.15) is 5.10 Å². The largest absolute Gasteiger partial charge is 0.333 e. The summed E-state index contributed by atoms with van der Waals surface area (Å²) in [6.45, 7) is 0. The average molecular weight is 453 g/mol. The summed E-state index contributed by atoms with van der Waals surface area (Å²) in [7, 11) is 0. The van der Waals surface area contributed by atoms with Gasteiger partial charge in [0.05, 0.1) is 11.9 Å². The molecular weight excluding hydrogens is 422 g/mol. The number of amides is 1. The zero-order valence-electron chi connectivity index (χ0n) is 18.8. The lowest BCUT2D eigenvalue weighted by Crippen LogP contribution is -2.48. The van der Waals surface area contributed by atoms with Crippen LogP contribution in [0.2, 0.25) is 0 Å². The Morgan fingerprint density at radius 3 is 2.12 bits per heavy atom. The average Bonchev–Trinajstić information content (AvgIpc) is 3.29. The smallest absolute Gasteiger partial charge is 0.280 e. The fourth-order valence-electron chi connectivity index (χ4n) is 5.54. The van der Waals surface area contributed by atoms with Gasteiger partial charge in [0, 0.05) is 17.6 Å². The van der Waals surface area contributed by atoms with E-state index in [0.29, 0.717) is 11.3 Å². The van der Waals surface area contributed by atoms with Crippen molar-refractivity contribution >= 4 is 11.6 Å². The van der Waals surface area contributed by atoms with Crippen molar-refractivity contribution in [2.45, 2.75) is 82.7 Å². The fourth-order valence-corrected chi connectivity index (χ4v) is 5.54. The molecule has 2 fully saturated rings. The molecule has 2 saturated carbocycles. The standard InChI is InChI=1S/C26H30F2N4O/c27-24(28)23-16-22(18-10-4-1-5-11-18)30-25-21(17-29-32(23)25)26(33)31(19-12-6-2-7-13-19)20-14-8-3-9-15-20/h1,4-5,10-11,16-17,19-20,24H,2-3,6-9,12-15H2. The molecule has 1 aromatic carbocycles. The number of fused-ring (bicyclic) bond motifs is 1. The van der Waals surface area contributed by atoms with Crippen LogP contribution in [-0.2, 0) is 0 Å². The quantitative estimate of drug-likeness (QED) is 0.447. The summed E-state index contributed by atoms with van der Waals surface area (Å²) in [6, 6.07) is 11.0. The molecule has 0 spiro atoms. The lowest BCUT2D eigenvalue weighted by Gasteiger charge is -2.41. The number of hydrogen-bond donors (Lipinski definition) is 0. The van der Waals surface area contributed by atoms with E-state index >= 15 is 0 Å². The second-order valence-corrected chi connectivity index (χ2v) is 9.32. The van der Waals surface area contributed by atoms with Crippen molar-refractivity contribution in [3.8, 4) is 11.3 Å². The van der Waals surface area contributed by atoms with Crippen molar-refractivity contribution in [2.75, 3.05) is 0 Å². The van der Waals surface area contributed by atoms with Crippen LogP contribution < -0.4 is 0 Å². The van der Waals surface area contributed by atoms with Crippen LogP contribution in [0.3, 0.4) is 0 Å². The highest BCUT2D eigenvalue weighted by atomic mass is 19.3. The van der Waals surface area contributed by atoms with E-state index < -0.39 is 6.43 Å². The summed E-state index contributed by atoms with van der Waals surface area (Å²) in [5, 5.41) is 4.20. The maximum absolute atomic E-state index is 14.0. The molecule has 2 aromatic heterocycles. The molecule has 0 N–H and O–H groups in total. The van der Waals surface area contributed by atoms with Crippen molar-refractivity contribution in [3.63, 3.8) is 0 Å². The number of aromatic nitrogens is 3. The Labute approximate surface area is 192 Å². The summed E-state index contributed by atoms with van der Waals surface area (Å²) in [5.74, 6) is -0.110. The Hall–Kier alpha value is -2.83. The van der Waals surface area contributed by atoms with E-state index in [4.69, 9.17) is 0 Å². The molecule has 2 aliphatic rings. The van der Waals surface area contributed by atoms with Crippen LogP contribution in [0.1, 0.15) is 86.7 Å². The Morgan fingerprint density at radius 1 is 0.939 bits per heavy atom. The maximum Gasteiger partial charge on any atom is 0.280 e. The summed E-state index contributed by atoms with van der Waals surface area (Å²) >= 11 is 0. The first-order valence-electron chi connectivity index (χ1n) is 12.2. The molecule has 33 heavy (non-hydrogen) atoms. The van der Waals surface area contributed by atoms with Crippen molar-refractivity contribution in [1.29, 1.82) is 0 Å². The van der Waals surface area contributed by atoms with E-state index in [1.165, 1.54) is 25.1 Å².